The van der Waals surface area contributed by atoms with Gasteiger partial charge >= 0.3 is 0 Å². The van der Waals surface area contributed by atoms with Crippen LogP contribution >= 0.6 is 11.6 Å². The van der Waals surface area contributed by atoms with Crippen molar-refractivity contribution in [2.24, 2.45) is 0 Å². The van der Waals surface area contributed by atoms with Crippen molar-refractivity contribution in [1.82, 2.24) is 10.2 Å². The van der Waals surface area contributed by atoms with Crippen LogP contribution in [0, 0.1) is 0 Å². The van der Waals surface area contributed by atoms with E-state index in [1.54, 1.807) is 24.0 Å². The molecule has 2 atom stereocenters. The second-order valence-corrected chi connectivity index (χ2v) is 8.56. The molecule has 2 aromatic carbocycles. The van der Waals surface area contributed by atoms with Crippen LogP contribution in [0.25, 0.3) is 0 Å². The molecule has 0 unspecified atom stereocenters. The lowest BCUT2D eigenvalue weighted by molar-refractivity contribution is -0.142. The second kappa shape index (κ2) is 11.8. The van der Waals surface area contributed by atoms with Crippen molar-refractivity contribution in [3.8, 4) is 5.75 Å². The Kier molecular flexibility index (Phi) is 9.38. The Labute approximate surface area is 190 Å². The van der Waals surface area contributed by atoms with Gasteiger partial charge < -0.3 is 15.0 Å². The van der Waals surface area contributed by atoms with Crippen LogP contribution in [0.4, 0.5) is 0 Å². The Hall–Kier alpha value is -2.53. The standard InChI is InChI=1S/C25H33ClN2O3/c1-6-18(4)27-25(30)19(5)28(15-20-11-13-21(26)14-12-20)24(29)16-31-23-10-8-7-9-22(23)17(2)3/h7-14,17-19H,6,15-16H2,1-5H3,(H,27,30)/t18-,19+/m0/s1. The van der Waals surface area contributed by atoms with E-state index in [2.05, 4.69) is 19.2 Å². The summed E-state index contributed by atoms with van der Waals surface area (Å²) in [7, 11) is 0. The van der Waals surface area contributed by atoms with Gasteiger partial charge in [0.25, 0.3) is 5.91 Å². The molecular weight excluding hydrogens is 412 g/mol. The summed E-state index contributed by atoms with van der Waals surface area (Å²) in [6.45, 7) is 10.0. The van der Waals surface area contributed by atoms with Gasteiger partial charge in [0.2, 0.25) is 5.91 Å². The van der Waals surface area contributed by atoms with Crippen molar-refractivity contribution in [3.63, 3.8) is 0 Å². The number of nitrogens with zero attached hydrogens (tertiary/aromatic N) is 1. The molecule has 0 aliphatic rings. The average molecular weight is 445 g/mol. The summed E-state index contributed by atoms with van der Waals surface area (Å²) in [4.78, 5) is 27.5. The first-order valence-corrected chi connectivity index (χ1v) is 11.2. The zero-order valence-electron chi connectivity index (χ0n) is 19.0. The first kappa shape index (κ1) is 24.7. The minimum absolute atomic E-state index is 0.0385. The fourth-order valence-electron chi connectivity index (χ4n) is 3.15. The fourth-order valence-corrected chi connectivity index (χ4v) is 3.27. The number of halogens is 1. The lowest BCUT2D eigenvalue weighted by Crippen LogP contribution is -2.50. The van der Waals surface area contributed by atoms with Crippen LogP contribution in [-0.2, 0) is 16.1 Å². The summed E-state index contributed by atoms with van der Waals surface area (Å²) < 4.78 is 5.89. The number of hydrogen-bond acceptors (Lipinski definition) is 3. The van der Waals surface area contributed by atoms with Gasteiger partial charge in [0.15, 0.2) is 6.61 Å². The Bertz CT molecular complexity index is 867. The van der Waals surface area contributed by atoms with Crippen LogP contribution in [0.5, 0.6) is 5.75 Å². The molecule has 0 aliphatic carbocycles. The van der Waals surface area contributed by atoms with E-state index in [4.69, 9.17) is 16.3 Å². The lowest BCUT2D eigenvalue weighted by Gasteiger charge is -2.29. The van der Waals surface area contributed by atoms with Gasteiger partial charge in [0.1, 0.15) is 11.8 Å². The van der Waals surface area contributed by atoms with E-state index >= 15 is 0 Å². The molecule has 0 saturated heterocycles. The van der Waals surface area contributed by atoms with Gasteiger partial charge in [-0.3, -0.25) is 9.59 Å². The molecule has 0 radical (unpaired) electrons. The number of benzene rings is 2. The van der Waals surface area contributed by atoms with Crippen molar-refractivity contribution in [1.29, 1.82) is 0 Å². The molecule has 5 nitrogen and oxygen atoms in total. The number of nitrogens with one attached hydrogen (secondary N) is 1. The average Bonchev–Trinajstić information content (AvgIpc) is 2.76. The molecule has 1 N–H and O–H groups in total. The minimum Gasteiger partial charge on any atom is -0.483 e. The van der Waals surface area contributed by atoms with Crippen LogP contribution in [0.15, 0.2) is 48.5 Å². The maximum atomic E-state index is 13.2. The van der Waals surface area contributed by atoms with Crippen molar-refractivity contribution < 1.29 is 14.3 Å². The Morgan fingerprint density at radius 1 is 1.03 bits per heavy atom. The predicted molar refractivity (Wildman–Crippen MR) is 125 cm³/mol. The Morgan fingerprint density at radius 2 is 1.68 bits per heavy atom. The highest BCUT2D eigenvalue weighted by atomic mass is 35.5. The van der Waals surface area contributed by atoms with Crippen LogP contribution in [0.3, 0.4) is 0 Å². The molecular formula is C25H33ClN2O3. The predicted octanol–water partition coefficient (Wildman–Crippen LogP) is 5.17. The largest absolute Gasteiger partial charge is 0.483 e. The zero-order chi connectivity index (χ0) is 23.0. The smallest absolute Gasteiger partial charge is 0.261 e. The third-order valence-corrected chi connectivity index (χ3v) is 5.58. The number of amides is 2. The molecule has 0 bridgehead atoms. The molecule has 0 fully saturated rings. The monoisotopic (exact) mass is 444 g/mol. The van der Waals surface area contributed by atoms with Crippen molar-refractivity contribution in [3.05, 3.63) is 64.7 Å². The van der Waals surface area contributed by atoms with Crippen LogP contribution < -0.4 is 10.1 Å². The summed E-state index contributed by atoms with van der Waals surface area (Å²) in [5, 5.41) is 3.59. The third-order valence-electron chi connectivity index (χ3n) is 5.33. The highest BCUT2D eigenvalue weighted by Crippen LogP contribution is 2.26. The number of hydrogen-bond donors (Lipinski definition) is 1. The summed E-state index contributed by atoms with van der Waals surface area (Å²) >= 11 is 5.99. The molecule has 6 heteroatoms. The van der Waals surface area contributed by atoms with Crippen LogP contribution in [-0.4, -0.2) is 35.4 Å². The zero-order valence-corrected chi connectivity index (χ0v) is 19.8. The van der Waals surface area contributed by atoms with Crippen LogP contribution in [0.1, 0.15) is 58.1 Å². The number of rotatable bonds is 10. The highest BCUT2D eigenvalue weighted by molar-refractivity contribution is 6.30. The SMILES string of the molecule is CC[C@H](C)NC(=O)[C@@H](C)N(Cc1ccc(Cl)cc1)C(=O)COc1ccccc1C(C)C. The summed E-state index contributed by atoms with van der Waals surface area (Å²) in [5.41, 5.74) is 1.94. The molecule has 31 heavy (non-hydrogen) atoms. The van der Waals surface area contributed by atoms with Gasteiger partial charge in [0, 0.05) is 17.6 Å². The third kappa shape index (κ3) is 7.28. The highest BCUT2D eigenvalue weighted by Gasteiger charge is 2.27. The molecule has 2 rings (SSSR count). The van der Waals surface area contributed by atoms with E-state index in [0.717, 1.165) is 17.5 Å². The summed E-state index contributed by atoms with van der Waals surface area (Å²) in [6.07, 6.45) is 0.818. The fraction of sp³-hybridized carbons (Fsp3) is 0.440. The first-order chi connectivity index (χ1) is 14.7. The topological polar surface area (TPSA) is 58.6 Å². The number of para-hydroxylation sites is 1. The van der Waals surface area contributed by atoms with E-state index in [1.165, 1.54) is 0 Å². The molecule has 168 valence electrons. The molecule has 2 aromatic rings. The summed E-state index contributed by atoms with van der Waals surface area (Å²) in [6, 6.07) is 14.4. The van der Waals surface area contributed by atoms with Gasteiger partial charge in [-0.05, 0) is 55.5 Å². The van der Waals surface area contributed by atoms with Gasteiger partial charge in [-0.1, -0.05) is 62.7 Å². The Morgan fingerprint density at radius 3 is 2.29 bits per heavy atom. The molecule has 0 heterocycles. The molecule has 0 aliphatic heterocycles. The van der Waals surface area contributed by atoms with Crippen molar-refractivity contribution >= 4 is 23.4 Å². The van der Waals surface area contributed by atoms with Gasteiger partial charge in [-0.25, -0.2) is 0 Å². The van der Waals surface area contributed by atoms with E-state index in [9.17, 15) is 9.59 Å². The van der Waals surface area contributed by atoms with Crippen molar-refractivity contribution in [2.75, 3.05) is 6.61 Å². The Balaban J connectivity index is 2.19. The normalized spacial score (nSPS) is 12.9. The van der Waals surface area contributed by atoms with E-state index in [0.29, 0.717) is 17.3 Å². The number of ether oxygens (including phenoxy) is 1. The molecule has 0 aromatic heterocycles. The lowest BCUT2D eigenvalue weighted by atomic mass is 10.0. The maximum absolute atomic E-state index is 13.2. The van der Waals surface area contributed by atoms with E-state index < -0.39 is 6.04 Å². The minimum atomic E-state index is -0.638. The molecule has 0 spiro atoms. The molecule has 0 saturated carbocycles. The number of carbonyl (C=O) groups is 2. The van der Waals surface area contributed by atoms with E-state index in [1.807, 2.05) is 50.2 Å². The van der Waals surface area contributed by atoms with E-state index in [-0.39, 0.29) is 30.4 Å². The van der Waals surface area contributed by atoms with Crippen LogP contribution in [0.2, 0.25) is 5.02 Å². The number of carbonyl (C=O) groups excluding carboxylic acids is 2. The van der Waals surface area contributed by atoms with Gasteiger partial charge in [-0.15, -0.1) is 0 Å². The quantitative estimate of drug-likeness (QED) is 0.549. The summed E-state index contributed by atoms with van der Waals surface area (Å²) in [5.74, 6) is 0.533. The van der Waals surface area contributed by atoms with Crippen molar-refractivity contribution in [2.45, 2.75) is 65.6 Å². The first-order valence-electron chi connectivity index (χ1n) is 10.8. The van der Waals surface area contributed by atoms with Gasteiger partial charge in [0.05, 0.1) is 0 Å². The second-order valence-electron chi connectivity index (χ2n) is 8.12. The van der Waals surface area contributed by atoms with Gasteiger partial charge in [-0.2, -0.15) is 0 Å². The maximum Gasteiger partial charge on any atom is 0.261 e. The molecule has 2 amide bonds.